The largest absolute Gasteiger partial charge is 0.476 e. The van der Waals surface area contributed by atoms with E-state index in [0.717, 1.165) is 25.7 Å². The number of rotatable bonds is 4. The van der Waals surface area contributed by atoms with Crippen molar-refractivity contribution in [2.45, 2.75) is 44.6 Å². The Bertz CT molecular complexity index is 397. The van der Waals surface area contributed by atoms with E-state index in [1.807, 2.05) is 0 Å². The molecule has 1 aromatic heterocycles. The quantitative estimate of drug-likeness (QED) is 0.818. The summed E-state index contributed by atoms with van der Waals surface area (Å²) in [6.45, 7) is 0.258. The van der Waals surface area contributed by atoms with Crippen molar-refractivity contribution in [2.75, 3.05) is 6.61 Å². The predicted octanol–water partition coefficient (Wildman–Crippen LogP) is 1.02. The molecule has 6 nitrogen and oxygen atoms in total. The molecule has 6 heteroatoms. The molecular formula is C11H17N3O3. The molecule has 0 amide bonds. The van der Waals surface area contributed by atoms with E-state index in [0.29, 0.717) is 12.2 Å². The average Bonchev–Trinajstić information content (AvgIpc) is 2.74. The number of hydrogen-bond acceptors (Lipinski definition) is 4. The molecule has 94 valence electrons. The lowest BCUT2D eigenvalue weighted by molar-refractivity contribution is 0.0688. The minimum atomic E-state index is -1.03. The maximum atomic E-state index is 11.1. The predicted molar refractivity (Wildman–Crippen MR) is 59.9 cm³/mol. The number of carboxylic acids is 1. The van der Waals surface area contributed by atoms with Gasteiger partial charge >= 0.3 is 5.97 Å². The highest BCUT2D eigenvalue weighted by atomic mass is 16.4. The van der Waals surface area contributed by atoms with E-state index >= 15 is 0 Å². The number of nitrogens with zero attached hydrogens (tertiary/aromatic N) is 3. The Morgan fingerprint density at radius 1 is 1.35 bits per heavy atom. The van der Waals surface area contributed by atoms with Crippen molar-refractivity contribution < 1.29 is 15.0 Å². The van der Waals surface area contributed by atoms with Gasteiger partial charge in [-0.05, 0) is 12.8 Å². The third kappa shape index (κ3) is 2.46. The minimum Gasteiger partial charge on any atom is -0.476 e. The number of aromatic nitrogens is 3. The van der Waals surface area contributed by atoms with Gasteiger partial charge in [0, 0.05) is 5.92 Å². The first-order valence-electron chi connectivity index (χ1n) is 6.01. The van der Waals surface area contributed by atoms with Gasteiger partial charge in [-0.1, -0.05) is 24.5 Å². The van der Waals surface area contributed by atoms with Crippen LogP contribution in [-0.4, -0.2) is 37.8 Å². The van der Waals surface area contributed by atoms with E-state index in [1.165, 1.54) is 6.42 Å². The van der Waals surface area contributed by atoms with Crippen molar-refractivity contribution in [2.24, 2.45) is 0 Å². The Morgan fingerprint density at radius 3 is 2.65 bits per heavy atom. The van der Waals surface area contributed by atoms with Crippen LogP contribution >= 0.6 is 0 Å². The molecule has 0 radical (unpaired) electrons. The molecular weight excluding hydrogens is 222 g/mol. The van der Waals surface area contributed by atoms with Gasteiger partial charge in [-0.3, -0.25) is 0 Å². The van der Waals surface area contributed by atoms with E-state index in [9.17, 15) is 4.79 Å². The van der Waals surface area contributed by atoms with Crippen LogP contribution in [0.3, 0.4) is 0 Å². The summed E-state index contributed by atoms with van der Waals surface area (Å²) < 4.78 is 1.54. The fraction of sp³-hybridized carbons (Fsp3) is 0.727. The van der Waals surface area contributed by atoms with Crippen molar-refractivity contribution in [3.8, 4) is 0 Å². The Balaban J connectivity index is 2.32. The lowest BCUT2D eigenvalue weighted by Crippen LogP contribution is -2.16. The van der Waals surface area contributed by atoms with Gasteiger partial charge in [0.1, 0.15) is 0 Å². The summed E-state index contributed by atoms with van der Waals surface area (Å²) in [4.78, 5) is 11.1. The molecule has 1 aliphatic carbocycles. The van der Waals surface area contributed by atoms with Gasteiger partial charge in [0.25, 0.3) is 0 Å². The van der Waals surface area contributed by atoms with Crippen LogP contribution in [0.5, 0.6) is 0 Å². The van der Waals surface area contributed by atoms with Gasteiger partial charge in [-0.2, -0.15) is 0 Å². The lowest BCUT2D eigenvalue weighted by atomic mass is 9.86. The molecule has 1 fully saturated rings. The van der Waals surface area contributed by atoms with E-state index in [4.69, 9.17) is 10.2 Å². The molecule has 0 bridgehead atoms. The topological polar surface area (TPSA) is 88.2 Å². The third-order valence-electron chi connectivity index (χ3n) is 3.28. The summed E-state index contributed by atoms with van der Waals surface area (Å²) in [7, 11) is 0. The minimum absolute atomic E-state index is 0.0466. The van der Waals surface area contributed by atoms with Crippen LogP contribution < -0.4 is 0 Å². The van der Waals surface area contributed by atoms with Crippen molar-refractivity contribution >= 4 is 5.97 Å². The highest BCUT2D eigenvalue weighted by Crippen LogP contribution is 2.33. The number of aliphatic hydroxyl groups is 1. The second kappa shape index (κ2) is 5.27. The normalized spacial score (nSPS) is 17.2. The van der Waals surface area contributed by atoms with E-state index in [1.54, 1.807) is 4.68 Å². The zero-order valence-corrected chi connectivity index (χ0v) is 9.67. The van der Waals surface area contributed by atoms with Crippen LogP contribution in [0.15, 0.2) is 0 Å². The van der Waals surface area contributed by atoms with Crippen LogP contribution in [0.2, 0.25) is 0 Å². The van der Waals surface area contributed by atoms with Crippen LogP contribution in [-0.2, 0) is 6.54 Å². The SMILES string of the molecule is O=C(O)c1nnn(CCO)c1C1CCCCC1. The Hall–Kier alpha value is -1.43. The number of carbonyl (C=O) groups is 1. The Morgan fingerprint density at radius 2 is 2.06 bits per heavy atom. The molecule has 0 aliphatic heterocycles. The van der Waals surface area contributed by atoms with Crippen LogP contribution in [0.25, 0.3) is 0 Å². The van der Waals surface area contributed by atoms with Crippen LogP contribution in [0, 0.1) is 0 Å². The smallest absolute Gasteiger partial charge is 0.358 e. The number of hydrogen-bond donors (Lipinski definition) is 2. The fourth-order valence-electron chi connectivity index (χ4n) is 2.51. The monoisotopic (exact) mass is 239 g/mol. The molecule has 0 spiro atoms. The molecule has 0 aromatic carbocycles. The molecule has 17 heavy (non-hydrogen) atoms. The third-order valence-corrected chi connectivity index (χ3v) is 3.28. The zero-order valence-electron chi connectivity index (χ0n) is 9.67. The highest BCUT2D eigenvalue weighted by Gasteiger charge is 2.27. The van der Waals surface area contributed by atoms with Crippen LogP contribution in [0.4, 0.5) is 0 Å². The standard InChI is InChI=1S/C11H17N3O3/c15-7-6-14-10(8-4-2-1-3-5-8)9(11(16)17)12-13-14/h8,15H,1-7H2,(H,16,17). The van der Waals surface area contributed by atoms with Gasteiger partial charge in [-0.15, -0.1) is 5.10 Å². The summed E-state index contributed by atoms with van der Waals surface area (Å²) in [5.41, 5.74) is 0.733. The zero-order chi connectivity index (χ0) is 12.3. The Kier molecular flexibility index (Phi) is 3.73. The van der Waals surface area contributed by atoms with Gasteiger partial charge in [0.15, 0.2) is 5.69 Å². The first-order valence-corrected chi connectivity index (χ1v) is 6.01. The maximum Gasteiger partial charge on any atom is 0.358 e. The van der Waals surface area contributed by atoms with Gasteiger partial charge in [0.05, 0.1) is 18.8 Å². The molecule has 2 N–H and O–H groups in total. The number of aliphatic hydroxyl groups excluding tert-OH is 1. The van der Waals surface area contributed by atoms with E-state index in [-0.39, 0.29) is 18.2 Å². The van der Waals surface area contributed by atoms with Crippen molar-refractivity contribution in [1.82, 2.24) is 15.0 Å². The first-order chi connectivity index (χ1) is 8.24. The Labute approximate surface area is 99.3 Å². The summed E-state index contributed by atoms with van der Waals surface area (Å²) in [6.07, 6.45) is 5.42. The molecule has 2 rings (SSSR count). The van der Waals surface area contributed by atoms with Crippen molar-refractivity contribution in [3.63, 3.8) is 0 Å². The molecule has 0 atom stereocenters. The first kappa shape index (κ1) is 12.0. The van der Waals surface area contributed by atoms with Crippen LogP contribution in [0.1, 0.15) is 54.2 Å². The molecule has 1 heterocycles. The maximum absolute atomic E-state index is 11.1. The summed E-state index contributed by atoms with van der Waals surface area (Å²) >= 11 is 0. The highest BCUT2D eigenvalue weighted by molar-refractivity contribution is 5.86. The molecule has 1 aliphatic rings. The summed E-state index contributed by atoms with van der Waals surface area (Å²) in [6, 6.07) is 0. The van der Waals surface area contributed by atoms with E-state index in [2.05, 4.69) is 10.3 Å². The number of carboxylic acid groups (broad SMARTS) is 1. The summed E-state index contributed by atoms with van der Waals surface area (Å²) in [5, 5.41) is 25.6. The number of aromatic carboxylic acids is 1. The van der Waals surface area contributed by atoms with Gasteiger partial charge < -0.3 is 10.2 Å². The second-order valence-corrected chi connectivity index (χ2v) is 4.41. The molecule has 0 unspecified atom stereocenters. The summed E-state index contributed by atoms with van der Waals surface area (Å²) in [5.74, 6) is -0.814. The molecule has 0 saturated heterocycles. The van der Waals surface area contributed by atoms with E-state index < -0.39 is 5.97 Å². The molecule has 1 aromatic rings. The van der Waals surface area contributed by atoms with Crippen molar-refractivity contribution in [1.29, 1.82) is 0 Å². The van der Waals surface area contributed by atoms with Gasteiger partial charge in [0.2, 0.25) is 0 Å². The molecule has 1 saturated carbocycles. The fourth-order valence-corrected chi connectivity index (χ4v) is 2.51. The van der Waals surface area contributed by atoms with Crippen molar-refractivity contribution in [3.05, 3.63) is 11.4 Å². The average molecular weight is 239 g/mol. The van der Waals surface area contributed by atoms with Gasteiger partial charge in [-0.25, -0.2) is 9.48 Å². The second-order valence-electron chi connectivity index (χ2n) is 4.41. The lowest BCUT2D eigenvalue weighted by Gasteiger charge is -2.22.